The van der Waals surface area contributed by atoms with E-state index < -0.39 is 14.8 Å². The minimum atomic E-state index is -3.09. The molecule has 0 radical (unpaired) electrons. The molecule has 0 spiro atoms. The SMILES string of the molecule is CS(=O)(=O)CCc1ccccc1[N+](=O)[O-]. The van der Waals surface area contributed by atoms with Gasteiger partial charge in [0.1, 0.15) is 9.84 Å². The largest absolute Gasteiger partial charge is 0.272 e. The third kappa shape index (κ3) is 3.67. The van der Waals surface area contributed by atoms with E-state index in [1.807, 2.05) is 0 Å². The fourth-order valence-corrected chi connectivity index (χ4v) is 1.79. The van der Waals surface area contributed by atoms with E-state index in [-0.39, 0.29) is 17.9 Å². The zero-order chi connectivity index (χ0) is 11.5. The van der Waals surface area contributed by atoms with E-state index in [9.17, 15) is 18.5 Å². The Morgan fingerprint density at radius 3 is 2.47 bits per heavy atom. The molecule has 1 aromatic rings. The fraction of sp³-hybridized carbons (Fsp3) is 0.333. The van der Waals surface area contributed by atoms with Gasteiger partial charge < -0.3 is 0 Å². The quantitative estimate of drug-likeness (QED) is 0.573. The molecule has 0 aromatic heterocycles. The minimum Gasteiger partial charge on any atom is -0.258 e. The Morgan fingerprint density at radius 1 is 1.33 bits per heavy atom. The smallest absolute Gasteiger partial charge is 0.258 e. The van der Waals surface area contributed by atoms with E-state index in [0.29, 0.717) is 5.56 Å². The van der Waals surface area contributed by atoms with E-state index in [4.69, 9.17) is 0 Å². The number of hydrogen-bond donors (Lipinski definition) is 0. The van der Waals surface area contributed by atoms with Crippen molar-refractivity contribution in [3.05, 3.63) is 39.9 Å². The number of hydrogen-bond acceptors (Lipinski definition) is 4. The monoisotopic (exact) mass is 229 g/mol. The van der Waals surface area contributed by atoms with Crippen LogP contribution in [0.25, 0.3) is 0 Å². The normalized spacial score (nSPS) is 11.3. The van der Waals surface area contributed by atoms with Crippen molar-refractivity contribution in [3.8, 4) is 0 Å². The van der Waals surface area contributed by atoms with E-state index in [1.54, 1.807) is 18.2 Å². The number of aryl methyl sites for hydroxylation is 1. The van der Waals surface area contributed by atoms with Gasteiger partial charge in [0.05, 0.1) is 10.7 Å². The summed E-state index contributed by atoms with van der Waals surface area (Å²) in [6, 6.07) is 6.16. The summed E-state index contributed by atoms with van der Waals surface area (Å²) in [7, 11) is -3.09. The van der Waals surface area contributed by atoms with E-state index in [2.05, 4.69) is 0 Å². The van der Waals surface area contributed by atoms with Crippen LogP contribution in [0.5, 0.6) is 0 Å². The summed E-state index contributed by atoms with van der Waals surface area (Å²) in [6.07, 6.45) is 1.29. The highest BCUT2D eigenvalue weighted by atomic mass is 32.2. The summed E-state index contributed by atoms with van der Waals surface area (Å²) in [5.74, 6) is -0.0716. The molecule has 6 heteroatoms. The van der Waals surface area contributed by atoms with Gasteiger partial charge in [-0.3, -0.25) is 10.1 Å². The average Bonchev–Trinajstić information content (AvgIpc) is 2.14. The molecule has 0 aliphatic carbocycles. The molecule has 0 fully saturated rings. The first kappa shape index (κ1) is 11.6. The number of para-hydroxylation sites is 1. The van der Waals surface area contributed by atoms with Crippen LogP contribution < -0.4 is 0 Å². The lowest BCUT2D eigenvalue weighted by Gasteiger charge is -2.01. The first-order valence-corrected chi connectivity index (χ1v) is 6.36. The van der Waals surface area contributed by atoms with Crippen LogP contribution in [0.2, 0.25) is 0 Å². The van der Waals surface area contributed by atoms with Crippen molar-refractivity contribution in [1.29, 1.82) is 0 Å². The Balaban J connectivity index is 2.90. The number of nitro benzene ring substituents is 1. The highest BCUT2D eigenvalue weighted by molar-refractivity contribution is 7.90. The summed E-state index contributed by atoms with van der Waals surface area (Å²) in [6.45, 7) is 0. The summed E-state index contributed by atoms with van der Waals surface area (Å²) in [5.41, 5.74) is 0.425. The van der Waals surface area contributed by atoms with Crippen molar-refractivity contribution in [1.82, 2.24) is 0 Å². The topological polar surface area (TPSA) is 77.3 Å². The Kier molecular flexibility index (Phi) is 3.41. The molecule has 82 valence electrons. The highest BCUT2D eigenvalue weighted by Gasteiger charge is 2.13. The van der Waals surface area contributed by atoms with Crippen LogP contribution in [0.15, 0.2) is 24.3 Å². The molecule has 15 heavy (non-hydrogen) atoms. The Morgan fingerprint density at radius 2 is 1.93 bits per heavy atom. The second kappa shape index (κ2) is 4.39. The van der Waals surface area contributed by atoms with Crippen LogP contribution in [0.1, 0.15) is 5.56 Å². The average molecular weight is 229 g/mol. The molecule has 0 aliphatic rings. The van der Waals surface area contributed by atoms with Crippen molar-refractivity contribution >= 4 is 15.5 Å². The maximum atomic E-state index is 10.9. The van der Waals surface area contributed by atoms with Crippen molar-refractivity contribution < 1.29 is 13.3 Å². The molecule has 1 rings (SSSR count). The van der Waals surface area contributed by atoms with E-state index in [0.717, 1.165) is 6.26 Å². The van der Waals surface area contributed by atoms with Gasteiger partial charge in [-0.2, -0.15) is 0 Å². The molecule has 0 heterocycles. The Labute approximate surface area is 87.8 Å². The van der Waals surface area contributed by atoms with Crippen molar-refractivity contribution in [2.75, 3.05) is 12.0 Å². The molecular formula is C9H11NO4S. The Hall–Kier alpha value is -1.43. The van der Waals surface area contributed by atoms with Gasteiger partial charge in [0.2, 0.25) is 0 Å². The van der Waals surface area contributed by atoms with Crippen LogP contribution in [-0.2, 0) is 16.3 Å². The molecule has 1 aromatic carbocycles. The first-order valence-electron chi connectivity index (χ1n) is 4.30. The number of rotatable bonds is 4. The lowest BCUT2D eigenvalue weighted by Crippen LogP contribution is -2.07. The maximum Gasteiger partial charge on any atom is 0.272 e. The van der Waals surface area contributed by atoms with Gasteiger partial charge in [-0.1, -0.05) is 18.2 Å². The lowest BCUT2D eigenvalue weighted by atomic mass is 10.1. The van der Waals surface area contributed by atoms with Crippen LogP contribution in [0.4, 0.5) is 5.69 Å². The van der Waals surface area contributed by atoms with Crippen molar-refractivity contribution in [2.45, 2.75) is 6.42 Å². The molecular weight excluding hydrogens is 218 g/mol. The van der Waals surface area contributed by atoms with Gasteiger partial charge in [0.25, 0.3) is 5.69 Å². The van der Waals surface area contributed by atoms with Gasteiger partial charge in [-0.25, -0.2) is 8.42 Å². The van der Waals surface area contributed by atoms with Crippen molar-refractivity contribution in [2.24, 2.45) is 0 Å². The van der Waals surface area contributed by atoms with Crippen molar-refractivity contribution in [3.63, 3.8) is 0 Å². The first-order chi connectivity index (χ1) is 6.90. The zero-order valence-corrected chi connectivity index (χ0v) is 9.03. The second-order valence-electron chi connectivity index (χ2n) is 3.27. The van der Waals surface area contributed by atoms with Gasteiger partial charge in [0, 0.05) is 17.9 Å². The fourth-order valence-electron chi connectivity index (χ4n) is 1.20. The molecule has 0 saturated heterocycles. The maximum absolute atomic E-state index is 10.9. The number of nitro groups is 1. The molecule has 5 nitrogen and oxygen atoms in total. The zero-order valence-electron chi connectivity index (χ0n) is 8.21. The molecule has 0 bridgehead atoms. The molecule has 0 amide bonds. The summed E-state index contributed by atoms with van der Waals surface area (Å²) >= 11 is 0. The summed E-state index contributed by atoms with van der Waals surface area (Å²) in [5, 5.41) is 10.6. The van der Waals surface area contributed by atoms with Gasteiger partial charge in [-0.05, 0) is 6.42 Å². The summed E-state index contributed by atoms with van der Waals surface area (Å²) in [4.78, 5) is 10.1. The number of nitrogens with zero attached hydrogens (tertiary/aromatic N) is 1. The molecule has 0 saturated carbocycles. The predicted molar refractivity (Wildman–Crippen MR) is 56.5 cm³/mol. The molecule has 0 aliphatic heterocycles. The van der Waals surface area contributed by atoms with Crippen LogP contribution >= 0.6 is 0 Å². The number of sulfone groups is 1. The van der Waals surface area contributed by atoms with Crippen LogP contribution in [0, 0.1) is 10.1 Å². The lowest BCUT2D eigenvalue weighted by molar-refractivity contribution is -0.385. The summed E-state index contributed by atoms with van der Waals surface area (Å²) < 4.78 is 21.8. The predicted octanol–water partition coefficient (Wildman–Crippen LogP) is 1.18. The van der Waals surface area contributed by atoms with E-state index >= 15 is 0 Å². The third-order valence-electron chi connectivity index (χ3n) is 1.93. The molecule has 0 N–H and O–H groups in total. The molecule has 0 unspecified atom stereocenters. The number of benzene rings is 1. The van der Waals surface area contributed by atoms with Gasteiger partial charge >= 0.3 is 0 Å². The van der Waals surface area contributed by atoms with Crippen LogP contribution in [0.3, 0.4) is 0 Å². The Bertz CT molecular complexity index is 467. The van der Waals surface area contributed by atoms with E-state index in [1.165, 1.54) is 6.07 Å². The standard InChI is InChI=1S/C9H11NO4S/c1-15(13,14)7-6-8-4-2-3-5-9(8)10(11)12/h2-5H,6-7H2,1H3. The van der Waals surface area contributed by atoms with Gasteiger partial charge in [0.15, 0.2) is 0 Å². The minimum absolute atomic E-state index is 0.0267. The third-order valence-corrected chi connectivity index (χ3v) is 2.88. The molecule has 0 atom stereocenters. The van der Waals surface area contributed by atoms with Crippen LogP contribution in [-0.4, -0.2) is 25.3 Å². The van der Waals surface area contributed by atoms with Gasteiger partial charge in [-0.15, -0.1) is 0 Å². The second-order valence-corrected chi connectivity index (χ2v) is 5.53. The highest BCUT2D eigenvalue weighted by Crippen LogP contribution is 2.18.